The third-order valence-electron chi connectivity index (χ3n) is 5.66. The molecule has 0 atom stereocenters. The van der Waals surface area contributed by atoms with E-state index in [9.17, 15) is 13.2 Å². The molecule has 30 heavy (non-hydrogen) atoms. The predicted octanol–water partition coefficient (Wildman–Crippen LogP) is 6.80. The third-order valence-corrected chi connectivity index (χ3v) is 7.15. The molecule has 0 aliphatic heterocycles. The van der Waals surface area contributed by atoms with E-state index in [0.29, 0.717) is 12.3 Å². The molecule has 0 bridgehead atoms. The number of alkyl halides is 3. The lowest BCUT2D eigenvalue weighted by Crippen LogP contribution is -2.34. The fourth-order valence-corrected chi connectivity index (χ4v) is 4.69. The average molecular weight is 433 g/mol. The van der Waals surface area contributed by atoms with Crippen LogP contribution >= 0.6 is 0 Å². The molecule has 0 radical (unpaired) electrons. The molecule has 1 N–H and O–H groups in total. The van der Waals surface area contributed by atoms with Crippen LogP contribution < -0.4 is 5.32 Å². The van der Waals surface area contributed by atoms with Gasteiger partial charge in [-0.25, -0.2) is 0 Å². The Morgan fingerprint density at radius 3 is 2.40 bits per heavy atom. The van der Waals surface area contributed by atoms with Crippen molar-refractivity contribution in [3.05, 3.63) is 76.9 Å². The Bertz CT molecular complexity index is 913. The standard InChI is InChI=1S/C25H29F3NS/c1-5-22(17(2)3)30-23(18(4)19-10-7-6-8-11-19)29-24(14-15-24)20-12-9-13-21(16-20)25(26,27)28/h5-8,10-12,16-17,29H,1,9,13-15H2,2-4H3/q+1/b23-18+. The van der Waals surface area contributed by atoms with E-state index in [4.69, 9.17) is 0 Å². The number of hydrogen-bond acceptors (Lipinski definition) is 1. The van der Waals surface area contributed by atoms with Gasteiger partial charge in [0.05, 0.1) is 5.54 Å². The summed E-state index contributed by atoms with van der Waals surface area (Å²) in [5, 5.41) is 4.64. The van der Waals surface area contributed by atoms with Gasteiger partial charge in [0.15, 0.2) is 0 Å². The second-order valence-electron chi connectivity index (χ2n) is 8.26. The van der Waals surface area contributed by atoms with E-state index in [2.05, 4.69) is 44.8 Å². The predicted molar refractivity (Wildman–Crippen MR) is 123 cm³/mol. The first kappa shape index (κ1) is 22.5. The Labute approximate surface area is 181 Å². The smallest absolute Gasteiger partial charge is 0.328 e. The van der Waals surface area contributed by atoms with E-state index >= 15 is 0 Å². The molecular weight excluding hydrogens is 403 g/mol. The molecule has 3 rings (SSSR count). The fourth-order valence-electron chi connectivity index (χ4n) is 3.62. The van der Waals surface area contributed by atoms with Crippen LogP contribution in [-0.4, -0.2) is 16.6 Å². The summed E-state index contributed by atoms with van der Waals surface area (Å²) in [5.74, 6) is 0.314. The van der Waals surface area contributed by atoms with Gasteiger partial charge in [-0.1, -0.05) is 56.8 Å². The van der Waals surface area contributed by atoms with Crippen LogP contribution in [-0.2, 0) is 11.4 Å². The third kappa shape index (κ3) is 5.12. The highest BCUT2D eigenvalue weighted by atomic mass is 32.1. The van der Waals surface area contributed by atoms with Crippen molar-refractivity contribution in [2.45, 2.75) is 58.2 Å². The summed E-state index contributed by atoms with van der Waals surface area (Å²) in [5.41, 5.74) is 2.11. The Morgan fingerprint density at radius 1 is 1.20 bits per heavy atom. The minimum Gasteiger partial charge on any atom is -0.328 e. The summed E-state index contributed by atoms with van der Waals surface area (Å²) in [6, 6.07) is 10.1. The Kier molecular flexibility index (Phi) is 6.71. The number of benzene rings is 1. The zero-order valence-electron chi connectivity index (χ0n) is 17.8. The van der Waals surface area contributed by atoms with Crippen LogP contribution in [0.4, 0.5) is 13.2 Å². The summed E-state index contributed by atoms with van der Waals surface area (Å²) < 4.78 is 39.9. The molecule has 2 aliphatic rings. The second kappa shape index (κ2) is 8.93. The lowest BCUT2D eigenvalue weighted by Gasteiger charge is -2.23. The molecule has 2 aliphatic carbocycles. The molecule has 5 heteroatoms. The van der Waals surface area contributed by atoms with Crippen molar-refractivity contribution in [1.82, 2.24) is 5.32 Å². The van der Waals surface area contributed by atoms with Gasteiger partial charge in [0.25, 0.3) is 0 Å². The summed E-state index contributed by atoms with van der Waals surface area (Å²) in [4.78, 5) is 1.13. The normalized spacial score (nSPS) is 19.6. The van der Waals surface area contributed by atoms with Crippen molar-refractivity contribution >= 4 is 21.8 Å². The van der Waals surface area contributed by atoms with Gasteiger partial charge in [0.2, 0.25) is 16.2 Å². The quantitative estimate of drug-likeness (QED) is 0.284. The van der Waals surface area contributed by atoms with Gasteiger partial charge in [0, 0.05) is 17.1 Å². The first-order valence-electron chi connectivity index (χ1n) is 10.4. The van der Waals surface area contributed by atoms with Crippen molar-refractivity contribution in [2.75, 3.05) is 0 Å². The number of nitrogens with one attached hydrogen (secondary N) is 1. The zero-order chi connectivity index (χ0) is 21.9. The van der Waals surface area contributed by atoms with E-state index in [1.165, 1.54) is 6.08 Å². The Hall–Kier alpha value is -2.14. The lowest BCUT2D eigenvalue weighted by atomic mass is 9.93. The molecule has 1 nitrogen and oxygen atoms in total. The van der Waals surface area contributed by atoms with Crippen LogP contribution in [0.1, 0.15) is 52.0 Å². The number of hydrogen-bond donors (Lipinski definition) is 1. The fraction of sp³-hybridized carbons (Fsp3) is 0.400. The molecule has 1 aromatic rings. The highest BCUT2D eigenvalue weighted by Gasteiger charge is 2.49. The van der Waals surface area contributed by atoms with Crippen LogP contribution in [0.15, 0.2) is 71.3 Å². The summed E-state index contributed by atoms with van der Waals surface area (Å²) in [6.07, 6.45) is 3.10. The van der Waals surface area contributed by atoms with E-state index < -0.39 is 17.3 Å². The van der Waals surface area contributed by atoms with Crippen molar-refractivity contribution in [2.24, 2.45) is 5.92 Å². The van der Waals surface area contributed by atoms with Crippen LogP contribution in [0.2, 0.25) is 0 Å². The van der Waals surface area contributed by atoms with Crippen LogP contribution in [0, 0.1) is 5.92 Å². The topological polar surface area (TPSA) is 12.0 Å². The Balaban J connectivity index is 2.01. The first-order chi connectivity index (χ1) is 14.2. The van der Waals surface area contributed by atoms with Crippen molar-refractivity contribution in [1.29, 1.82) is 0 Å². The second-order valence-corrected chi connectivity index (χ2v) is 9.34. The summed E-state index contributed by atoms with van der Waals surface area (Å²) in [7, 11) is 0. The van der Waals surface area contributed by atoms with E-state index in [1.54, 1.807) is 11.4 Å². The summed E-state index contributed by atoms with van der Waals surface area (Å²) >= 11 is 1.64. The number of rotatable bonds is 7. The molecule has 0 unspecified atom stereocenters. The van der Waals surface area contributed by atoms with Gasteiger partial charge in [-0.3, -0.25) is 0 Å². The van der Waals surface area contributed by atoms with Crippen molar-refractivity contribution in [3.8, 4) is 0 Å². The van der Waals surface area contributed by atoms with E-state index in [-0.39, 0.29) is 6.42 Å². The molecule has 1 saturated carbocycles. The van der Waals surface area contributed by atoms with Crippen LogP contribution in [0.5, 0.6) is 0 Å². The minimum atomic E-state index is -4.26. The molecule has 1 aromatic carbocycles. The number of allylic oxidation sites excluding steroid dienone is 4. The van der Waals surface area contributed by atoms with Crippen molar-refractivity contribution in [3.63, 3.8) is 0 Å². The molecule has 0 amide bonds. The van der Waals surface area contributed by atoms with Crippen LogP contribution in [0.25, 0.3) is 5.57 Å². The van der Waals surface area contributed by atoms with Gasteiger partial charge in [0.1, 0.15) is 0 Å². The zero-order valence-corrected chi connectivity index (χ0v) is 18.6. The first-order valence-corrected chi connectivity index (χ1v) is 11.2. The highest BCUT2D eigenvalue weighted by molar-refractivity contribution is 7.83. The molecule has 0 spiro atoms. The van der Waals surface area contributed by atoms with Crippen molar-refractivity contribution < 1.29 is 13.2 Å². The molecule has 0 aromatic heterocycles. The van der Waals surface area contributed by atoms with Gasteiger partial charge in [-0.2, -0.15) is 13.2 Å². The van der Waals surface area contributed by atoms with Gasteiger partial charge < -0.3 is 5.32 Å². The lowest BCUT2D eigenvalue weighted by molar-refractivity contribution is -0.0941. The minimum absolute atomic E-state index is 0.0608. The van der Waals surface area contributed by atoms with Gasteiger partial charge in [-0.05, 0) is 55.9 Å². The maximum Gasteiger partial charge on any atom is 0.412 e. The van der Waals surface area contributed by atoms with Crippen LogP contribution in [0.3, 0.4) is 0 Å². The molecule has 1 fully saturated rings. The maximum absolute atomic E-state index is 13.3. The SMILES string of the molecule is C=CC(=[S+]/C(NC1(C2=CCCC(C(F)(F)F)=C2)CC1)=C(\C)c1ccccc1)C(C)C. The Morgan fingerprint density at radius 2 is 1.87 bits per heavy atom. The maximum atomic E-state index is 13.3. The molecule has 0 saturated heterocycles. The monoisotopic (exact) mass is 432 g/mol. The van der Waals surface area contributed by atoms with Gasteiger partial charge in [-0.15, -0.1) is 0 Å². The molecular formula is C25H29F3NS+. The van der Waals surface area contributed by atoms with E-state index in [1.807, 2.05) is 30.4 Å². The largest absolute Gasteiger partial charge is 0.412 e. The molecule has 160 valence electrons. The van der Waals surface area contributed by atoms with E-state index in [0.717, 1.165) is 39.4 Å². The summed E-state index contributed by atoms with van der Waals surface area (Å²) in [6.45, 7) is 10.3. The number of halogens is 3. The highest BCUT2D eigenvalue weighted by Crippen LogP contribution is 2.47. The molecule has 0 heterocycles. The average Bonchev–Trinajstić information content (AvgIpc) is 3.51. The van der Waals surface area contributed by atoms with Gasteiger partial charge >= 0.3 is 11.2 Å².